The molecule has 1 aromatic carbocycles. The number of nitrogens with zero attached hydrogens (tertiary/aromatic N) is 3. The van der Waals surface area contributed by atoms with Crippen LogP contribution in [-0.4, -0.2) is 22.3 Å². The van der Waals surface area contributed by atoms with Crippen LogP contribution in [0.2, 0.25) is 0 Å². The highest BCUT2D eigenvalue weighted by Gasteiger charge is 2.24. The number of benzene rings is 1. The molecule has 1 saturated carbocycles. The molecule has 1 aliphatic carbocycles. The molecule has 0 aliphatic heterocycles. The van der Waals surface area contributed by atoms with Crippen molar-refractivity contribution in [1.29, 1.82) is 0 Å². The number of hydrogen-bond acceptors (Lipinski definition) is 3. The van der Waals surface area contributed by atoms with E-state index in [2.05, 4.69) is 17.0 Å². The van der Waals surface area contributed by atoms with Crippen molar-refractivity contribution in [3.63, 3.8) is 0 Å². The third kappa shape index (κ3) is 5.78. The molecule has 150 valence electrons. The second-order valence-electron chi connectivity index (χ2n) is 7.49. The molecular weight excluding hydrogens is 350 g/mol. The van der Waals surface area contributed by atoms with Crippen LogP contribution in [-0.2, 0) is 4.79 Å². The number of unbranched alkanes of at least 4 members (excludes halogenated alkanes) is 5. The highest BCUT2D eigenvalue weighted by atomic mass is 16.5. The molecule has 3 rings (SSSR count). The Labute approximate surface area is 167 Å². The number of para-hydroxylation sites is 1. The Balaban J connectivity index is 1.71. The Morgan fingerprint density at radius 1 is 1.14 bits per heavy atom. The summed E-state index contributed by atoms with van der Waals surface area (Å²) in [5, 5.41) is 5.06. The molecule has 2 aromatic rings. The first kappa shape index (κ1) is 20.3. The Hall–Kier alpha value is -2.43. The van der Waals surface area contributed by atoms with Crippen molar-refractivity contribution >= 4 is 5.91 Å². The highest BCUT2D eigenvalue weighted by Crippen LogP contribution is 2.27. The van der Waals surface area contributed by atoms with Gasteiger partial charge in [-0.3, -0.25) is 4.79 Å². The summed E-state index contributed by atoms with van der Waals surface area (Å²) in [5.41, 5.74) is 0.928. The summed E-state index contributed by atoms with van der Waals surface area (Å²) < 4.78 is 7.82. The van der Waals surface area contributed by atoms with Gasteiger partial charge in [-0.15, -0.1) is 0 Å². The summed E-state index contributed by atoms with van der Waals surface area (Å²) in [6.45, 7) is 2.87. The smallest absolute Gasteiger partial charge is 0.249 e. The second-order valence-corrected chi connectivity index (χ2v) is 7.49. The number of aromatic nitrogens is 2. The molecule has 1 amide bonds. The van der Waals surface area contributed by atoms with E-state index in [9.17, 15) is 4.79 Å². The van der Waals surface area contributed by atoms with E-state index in [-0.39, 0.29) is 11.8 Å². The lowest BCUT2D eigenvalue weighted by molar-refractivity contribution is -0.124. The molecule has 1 heterocycles. The van der Waals surface area contributed by atoms with Crippen LogP contribution >= 0.6 is 0 Å². The van der Waals surface area contributed by atoms with Crippen molar-refractivity contribution in [2.24, 2.45) is 10.9 Å². The molecule has 5 nitrogen and oxygen atoms in total. The number of carbonyl (C=O) groups is 1. The first-order chi connectivity index (χ1) is 13.8. The Bertz CT molecular complexity index is 810. The van der Waals surface area contributed by atoms with Gasteiger partial charge < -0.3 is 4.74 Å². The van der Waals surface area contributed by atoms with E-state index in [1.54, 1.807) is 10.9 Å². The van der Waals surface area contributed by atoms with Crippen molar-refractivity contribution in [2.75, 3.05) is 6.61 Å². The molecule has 0 unspecified atom stereocenters. The standard InChI is InChI=1S/C23H31N3O2/c1-2-3-4-5-6-10-16-28-22-17-20(25-23(27)19-12-11-13-19)18-24-26(22)21-14-8-7-9-15-21/h7-9,14-15,17-19H,2-6,10-13,16H2,1H3. The molecule has 0 bridgehead atoms. The van der Waals surface area contributed by atoms with E-state index in [1.165, 1.54) is 32.1 Å². The topological polar surface area (TPSA) is 56.5 Å². The lowest BCUT2D eigenvalue weighted by Crippen LogP contribution is -2.23. The van der Waals surface area contributed by atoms with Gasteiger partial charge in [-0.25, -0.2) is 9.67 Å². The zero-order valence-corrected chi connectivity index (χ0v) is 16.8. The average Bonchev–Trinajstić information content (AvgIpc) is 2.67. The fourth-order valence-corrected chi connectivity index (χ4v) is 3.26. The number of carbonyl (C=O) groups excluding carboxylic acids is 1. The monoisotopic (exact) mass is 381 g/mol. The van der Waals surface area contributed by atoms with Crippen molar-refractivity contribution in [3.8, 4) is 11.6 Å². The largest absolute Gasteiger partial charge is 0.478 e. The van der Waals surface area contributed by atoms with Gasteiger partial charge in [0.2, 0.25) is 11.8 Å². The predicted octanol–water partition coefficient (Wildman–Crippen LogP) is 4.84. The van der Waals surface area contributed by atoms with Crippen LogP contribution in [0.25, 0.3) is 5.69 Å². The van der Waals surface area contributed by atoms with E-state index >= 15 is 0 Å². The number of ether oxygens (including phenoxy) is 1. The molecule has 1 aromatic heterocycles. The molecule has 1 aliphatic rings. The van der Waals surface area contributed by atoms with Crippen molar-refractivity contribution in [3.05, 3.63) is 48.0 Å². The molecule has 28 heavy (non-hydrogen) atoms. The summed E-state index contributed by atoms with van der Waals surface area (Å²) in [6.07, 6.45) is 12.0. The van der Waals surface area contributed by atoms with Crippen LogP contribution in [0.4, 0.5) is 0 Å². The van der Waals surface area contributed by atoms with E-state index in [4.69, 9.17) is 4.74 Å². The van der Waals surface area contributed by atoms with E-state index in [0.717, 1.165) is 31.4 Å². The molecule has 0 saturated heterocycles. The maximum Gasteiger partial charge on any atom is 0.249 e. The van der Waals surface area contributed by atoms with Gasteiger partial charge in [0.25, 0.3) is 0 Å². The van der Waals surface area contributed by atoms with E-state index in [1.807, 2.05) is 36.4 Å². The molecule has 0 N–H and O–H groups in total. The van der Waals surface area contributed by atoms with E-state index in [0.29, 0.717) is 17.8 Å². The van der Waals surface area contributed by atoms with Crippen LogP contribution in [0.5, 0.6) is 5.88 Å². The van der Waals surface area contributed by atoms with Gasteiger partial charge in [-0.2, -0.15) is 5.10 Å². The van der Waals surface area contributed by atoms with Crippen molar-refractivity contribution in [2.45, 2.75) is 64.7 Å². The van der Waals surface area contributed by atoms with Gasteiger partial charge in [-0.05, 0) is 31.4 Å². The Morgan fingerprint density at radius 3 is 2.61 bits per heavy atom. The molecule has 5 heteroatoms. The van der Waals surface area contributed by atoms with Crippen molar-refractivity contribution < 1.29 is 9.53 Å². The molecule has 0 atom stereocenters. The minimum atomic E-state index is -0.0348. The summed E-state index contributed by atoms with van der Waals surface area (Å²) >= 11 is 0. The summed E-state index contributed by atoms with van der Waals surface area (Å²) in [5.74, 6) is 0.684. The summed E-state index contributed by atoms with van der Waals surface area (Å²) in [7, 11) is 0. The maximum atomic E-state index is 12.2. The van der Waals surface area contributed by atoms with Gasteiger partial charge in [0, 0.05) is 12.0 Å². The summed E-state index contributed by atoms with van der Waals surface area (Å²) in [4.78, 5) is 16.5. The van der Waals surface area contributed by atoms with Gasteiger partial charge in [0.1, 0.15) is 0 Å². The number of amides is 1. The molecule has 0 radical (unpaired) electrons. The minimum Gasteiger partial charge on any atom is -0.478 e. The lowest BCUT2D eigenvalue weighted by atomic mass is 9.85. The van der Waals surface area contributed by atoms with Gasteiger partial charge in [-0.1, -0.05) is 63.6 Å². The normalized spacial score (nSPS) is 14.7. The zero-order valence-electron chi connectivity index (χ0n) is 16.8. The highest BCUT2D eigenvalue weighted by molar-refractivity contribution is 5.80. The number of rotatable bonds is 10. The predicted molar refractivity (Wildman–Crippen MR) is 110 cm³/mol. The average molecular weight is 382 g/mol. The molecule has 1 fully saturated rings. The van der Waals surface area contributed by atoms with Crippen molar-refractivity contribution in [1.82, 2.24) is 9.78 Å². The maximum absolute atomic E-state index is 12.2. The first-order valence-electron chi connectivity index (χ1n) is 10.6. The van der Waals surface area contributed by atoms with Gasteiger partial charge in [0.05, 0.1) is 23.8 Å². The fraction of sp³-hybridized carbons (Fsp3) is 0.522. The van der Waals surface area contributed by atoms with Crippen LogP contribution < -0.4 is 10.1 Å². The SMILES string of the molecule is CCCCCCCCOc1cc(=NC(=O)C2CCC2)cnn1-c1ccccc1. The minimum absolute atomic E-state index is 0.0348. The summed E-state index contributed by atoms with van der Waals surface area (Å²) in [6, 6.07) is 11.7. The van der Waals surface area contributed by atoms with Crippen LogP contribution in [0, 0.1) is 5.92 Å². The third-order valence-corrected chi connectivity index (χ3v) is 5.23. The molecular formula is C23H31N3O2. The Morgan fingerprint density at radius 2 is 1.89 bits per heavy atom. The first-order valence-corrected chi connectivity index (χ1v) is 10.6. The van der Waals surface area contributed by atoms with Gasteiger partial charge >= 0.3 is 0 Å². The third-order valence-electron chi connectivity index (χ3n) is 5.23. The second kappa shape index (κ2) is 10.8. The Kier molecular flexibility index (Phi) is 7.82. The quantitative estimate of drug-likeness (QED) is 0.553. The zero-order chi connectivity index (χ0) is 19.6. The number of hydrogen-bond donors (Lipinski definition) is 0. The fourth-order valence-electron chi connectivity index (χ4n) is 3.26. The molecule has 0 spiro atoms. The van der Waals surface area contributed by atoms with Crippen LogP contribution in [0.1, 0.15) is 64.7 Å². The lowest BCUT2D eigenvalue weighted by Gasteiger charge is -2.21. The van der Waals surface area contributed by atoms with Crippen LogP contribution in [0.3, 0.4) is 0 Å². The van der Waals surface area contributed by atoms with Crippen LogP contribution in [0.15, 0.2) is 47.6 Å². The van der Waals surface area contributed by atoms with E-state index < -0.39 is 0 Å². The van der Waals surface area contributed by atoms with Gasteiger partial charge in [0.15, 0.2) is 0 Å².